The fourth-order valence-corrected chi connectivity index (χ4v) is 2.40. The van der Waals surface area contributed by atoms with E-state index in [1.165, 1.54) is 6.07 Å². The number of amides is 1. The van der Waals surface area contributed by atoms with Gasteiger partial charge in [0.05, 0.1) is 5.56 Å². The zero-order chi connectivity index (χ0) is 15.5. The van der Waals surface area contributed by atoms with E-state index in [9.17, 15) is 18.0 Å². The molecular weight excluding hydrogens is 283 g/mol. The number of pyridine rings is 1. The topological polar surface area (TPSA) is 45.2 Å². The Labute approximate surface area is 121 Å². The molecule has 4 nitrogen and oxygen atoms in total. The molecule has 0 bridgehead atoms. The standard InChI is InChI=1S/C14H18F3N3O/c1-2-20(9-11-4-3-7-18-11)13(21)10-5-6-12(19-8-10)14(15,16)17/h5-6,8,11,18H,2-4,7,9H2,1H3. The molecule has 21 heavy (non-hydrogen) atoms. The summed E-state index contributed by atoms with van der Waals surface area (Å²) in [6, 6.07) is 2.29. The first-order chi connectivity index (χ1) is 9.91. The second-order valence-corrected chi connectivity index (χ2v) is 5.07. The van der Waals surface area contributed by atoms with Crippen molar-refractivity contribution in [1.29, 1.82) is 0 Å². The molecule has 1 aliphatic rings. The number of halogens is 3. The van der Waals surface area contributed by atoms with Gasteiger partial charge in [0.25, 0.3) is 5.91 Å². The molecule has 7 heteroatoms. The summed E-state index contributed by atoms with van der Waals surface area (Å²) in [6.07, 6.45) is -1.40. The summed E-state index contributed by atoms with van der Waals surface area (Å²) in [4.78, 5) is 17.3. The van der Waals surface area contributed by atoms with E-state index in [1.54, 1.807) is 4.90 Å². The molecule has 1 unspecified atom stereocenters. The summed E-state index contributed by atoms with van der Waals surface area (Å²) in [5, 5.41) is 3.30. The molecule has 0 aliphatic carbocycles. The van der Waals surface area contributed by atoms with Crippen molar-refractivity contribution < 1.29 is 18.0 Å². The summed E-state index contributed by atoms with van der Waals surface area (Å²) in [6.45, 7) is 3.87. The number of hydrogen-bond donors (Lipinski definition) is 1. The van der Waals surface area contributed by atoms with Crippen LogP contribution >= 0.6 is 0 Å². The lowest BCUT2D eigenvalue weighted by molar-refractivity contribution is -0.141. The number of alkyl halides is 3. The smallest absolute Gasteiger partial charge is 0.337 e. The van der Waals surface area contributed by atoms with Crippen LogP contribution < -0.4 is 5.32 Å². The third kappa shape index (κ3) is 3.93. The van der Waals surface area contributed by atoms with E-state index in [1.807, 2.05) is 6.92 Å². The van der Waals surface area contributed by atoms with Gasteiger partial charge in [-0.1, -0.05) is 0 Å². The number of rotatable bonds is 4. The molecule has 1 N–H and O–H groups in total. The highest BCUT2D eigenvalue weighted by atomic mass is 19.4. The molecule has 0 radical (unpaired) electrons. The van der Waals surface area contributed by atoms with Crippen LogP contribution in [0.4, 0.5) is 13.2 Å². The lowest BCUT2D eigenvalue weighted by Gasteiger charge is -2.24. The lowest BCUT2D eigenvalue weighted by Crippen LogP contribution is -2.41. The summed E-state index contributed by atoms with van der Waals surface area (Å²) < 4.78 is 37.3. The van der Waals surface area contributed by atoms with Gasteiger partial charge in [0.2, 0.25) is 0 Å². The Balaban J connectivity index is 2.06. The maximum Gasteiger partial charge on any atom is 0.433 e. The van der Waals surface area contributed by atoms with Crippen molar-refractivity contribution in [2.75, 3.05) is 19.6 Å². The fourth-order valence-electron chi connectivity index (χ4n) is 2.40. The number of carbonyl (C=O) groups is 1. The Bertz CT molecular complexity index is 481. The monoisotopic (exact) mass is 301 g/mol. The van der Waals surface area contributed by atoms with Crippen molar-refractivity contribution in [3.8, 4) is 0 Å². The van der Waals surface area contributed by atoms with Crippen molar-refractivity contribution in [1.82, 2.24) is 15.2 Å². The SMILES string of the molecule is CCN(CC1CCCN1)C(=O)c1ccc(C(F)(F)F)nc1. The van der Waals surface area contributed by atoms with Gasteiger partial charge in [0.15, 0.2) is 0 Å². The van der Waals surface area contributed by atoms with Gasteiger partial charge >= 0.3 is 6.18 Å². The van der Waals surface area contributed by atoms with Crippen LogP contribution in [-0.4, -0.2) is 41.5 Å². The predicted octanol–water partition coefficient (Wildman–Crippen LogP) is 2.31. The maximum absolute atomic E-state index is 12.4. The Morgan fingerprint density at radius 2 is 2.24 bits per heavy atom. The molecule has 1 saturated heterocycles. The fraction of sp³-hybridized carbons (Fsp3) is 0.571. The van der Waals surface area contributed by atoms with Crippen molar-refractivity contribution >= 4 is 5.91 Å². The number of likely N-dealkylation sites (N-methyl/N-ethyl adjacent to an activating group) is 1. The molecule has 2 heterocycles. The normalized spacial score (nSPS) is 18.8. The predicted molar refractivity (Wildman–Crippen MR) is 71.8 cm³/mol. The van der Waals surface area contributed by atoms with Crippen LogP contribution in [0, 0.1) is 0 Å². The maximum atomic E-state index is 12.4. The van der Waals surface area contributed by atoms with Gasteiger partial charge in [-0.05, 0) is 38.4 Å². The summed E-state index contributed by atoms with van der Waals surface area (Å²) >= 11 is 0. The van der Waals surface area contributed by atoms with Crippen LogP contribution in [0.5, 0.6) is 0 Å². The van der Waals surface area contributed by atoms with Crippen molar-refractivity contribution in [3.05, 3.63) is 29.6 Å². The van der Waals surface area contributed by atoms with Crippen LogP contribution in [-0.2, 0) is 6.18 Å². The van der Waals surface area contributed by atoms with E-state index in [2.05, 4.69) is 10.3 Å². The van der Waals surface area contributed by atoms with Crippen LogP contribution in [0.25, 0.3) is 0 Å². The van der Waals surface area contributed by atoms with Gasteiger partial charge < -0.3 is 10.2 Å². The van der Waals surface area contributed by atoms with E-state index in [0.29, 0.717) is 13.1 Å². The van der Waals surface area contributed by atoms with Crippen LogP contribution in [0.3, 0.4) is 0 Å². The Morgan fingerprint density at radius 3 is 2.71 bits per heavy atom. The van der Waals surface area contributed by atoms with E-state index in [0.717, 1.165) is 31.6 Å². The zero-order valence-corrected chi connectivity index (χ0v) is 11.8. The van der Waals surface area contributed by atoms with Gasteiger partial charge in [-0.15, -0.1) is 0 Å². The highest BCUT2D eigenvalue weighted by molar-refractivity contribution is 5.93. The van der Waals surface area contributed by atoms with Crippen LogP contribution in [0.15, 0.2) is 18.3 Å². The average molecular weight is 301 g/mol. The second-order valence-electron chi connectivity index (χ2n) is 5.07. The average Bonchev–Trinajstić information content (AvgIpc) is 2.96. The van der Waals surface area contributed by atoms with Crippen LogP contribution in [0.1, 0.15) is 35.8 Å². The third-order valence-corrected chi connectivity index (χ3v) is 3.57. The molecule has 0 saturated carbocycles. The minimum Gasteiger partial charge on any atom is -0.337 e. The second kappa shape index (κ2) is 6.43. The number of aromatic nitrogens is 1. The number of nitrogens with zero attached hydrogens (tertiary/aromatic N) is 2. The Kier molecular flexibility index (Phi) is 4.82. The van der Waals surface area contributed by atoms with Gasteiger partial charge in [-0.2, -0.15) is 13.2 Å². The summed E-state index contributed by atoms with van der Waals surface area (Å²) in [5.41, 5.74) is -0.803. The molecule has 1 aromatic heterocycles. The zero-order valence-electron chi connectivity index (χ0n) is 11.8. The molecule has 1 amide bonds. The minimum atomic E-state index is -4.49. The van der Waals surface area contributed by atoms with Gasteiger partial charge in [-0.25, -0.2) is 0 Å². The summed E-state index contributed by atoms with van der Waals surface area (Å²) in [7, 11) is 0. The first-order valence-electron chi connectivity index (χ1n) is 6.97. The molecule has 1 aliphatic heterocycles. The highest BCUT2D eigenvalue weighted by Gasteiger charge is 2.32. The van der Waals surface area contributed by atoms with Crippen molar-refractivity contribution in [3.63, 3.8) is 0 Å². The van der Waals surface area contributed by atoms with Crippen molar-refractivity contribution in [2.45, 2.75) is 32.0 Å². The molecule has 2 rings (SSSR count). The highest BCUT2D eigenvalue weighted by Crippen LogP contribution is 2.27. The quantitative estimate of drug-likeness (QED) is 0.928. The molecule has 1 aromatic rings. The number of nitrogens with one attached hydrogen (secondary N) is 1. The van der Waals surface area contributed by atoms with E-state index in [4.69, 9.17) is 0 Å². The van der Waals surface area contributed by atoms with Gasteiger partial charge in [0.1, 0.15) is 5.69 Å². The van der Waals surface area contributed by atoms with E-state index < -0.39 is 11.9 Å². The molecule has 116 valence electrons. The van der Waals surface area contributed by atoms with Gasteiger partial charge in [0, 0.05) is 25.3 Å². The largest absolute Gasteiger partial charge is 0.433 e. The molecule has 1 atom stereocenters. The van der Waals surface area contributed by atoms with Crippen molar-refractivity contribution in [2.24, 2.45) is 0 Å². The minimum absolute atomic E-state index is 0.183. The molecule has 1 fully saturated rings. The van der Waals surface area contributed by atoms with Crippen LogP contribution in [0.2, 0.25) is 0 Å². The molecule has 0 spiro atoms. The first kappa shape index (κ1) is 15.8. The lowest BCUT2D eigenvalue weighted by atomic mass is 10.2. The Morgan fingerprint density at radius 1 is 1.48 bits per heavy atom. The number of carbonyl (C=O) groups excluding carboxylic acids is 1. The van der Waals surface area contributed by atoms with E-state index >= 15 is 0 Å². The van der Waals surface area contributed by atoms with E-state index in [-0.39, 0.29) is 17.5 Å². The van der Waals surface area contributed by atoms with Gasteiger partial charge in [-0.3, -0.25) is 9.78 Å². The molecule has 0 aromatic carbocycles. The Hall–Kier alpha value is -1.63. The third-order valence-electron chi connectivity index (χ3n) is 3.57. The molecular formula is C14H18F3N3O. The first-order valence-corrected chi connectivity index (χ1v) is 6.97. The summed E-state index contributed by atoms with van der Waals surface area (Å²) in [5.74, 6) is -0.285. The number of hydrogen-bond acceptors (Lipinski definition) is 3.